The second-order valence-corrected chi connectivity index (χ2v) is 19.5. The van der Waals surface area contributed by atoms with Gasteiger partial charge in [-0.15, -0.1) is 0 Å². The number of unbranched alkanes of at least 4 members (excludes halogenated alkanes) is 31. The van der Waals surface area contributed by atoms with Gasteiger partial charge in [0.05, 0.1) is 6.61 Å². The number of hydrogen-bond donors (Lipinski definition) is 0. The summed E-state index contributed by atoms with van der Waals surface area (Å²) in [4.78, 5) is 25.5. The van der Waals surface area contributed by atoms with Crippen LogP contribution in [-0.4, -0.2) is 37.9 Å². The predicted octanol–water partition coefficient (Wildman–Crippen LogP) is 20.2. The van der Waals surface area contributed by atoms with E-state index in [-0.39, 0.29) is 25.2 Å². The monoisotopic (exact) mass is 949 g/mol. The molecule has 394 valence electrons. The quantitative estimate of drug-likeness (QED) is 0.0345. The normalized spacial score (nSPS) is 12.7. The van der Waals surface area contributed by atoms with E-state index in [1.807, 2.05) is 0 Å². The van der Waals surface area contributed by atoms with Gasteiger partial charge in [0, 0.05) is 19.4 Å². The van der Waals surface area contributed by atoms with E-state index in [1.54, 1.807) is 0 Å². The third-order valence-electron chi connectivity index (χ3n) is 12.7. The van der Waals surface area contributed by atoms with E-state index in [1.165, 1.54) is 180 Å². The molecule has 0 aromatic heterocycles. The van der Waals surface area contributed by atoms with Gasteiger partial charge in [-0.25, -0.2) is 0 Å². The van der Waals surface area contributed by atoms with Gasteiger partial charge in [0.1, 0.15) is 6.61 Å². The lowest BCUT2D eigenvalue weighted by Gasteiger charge is -2.18. The van der Waals surface area contributed by atoms with Crippen molar-refractivity contribution in [2.45, 2.75) is 297 Å². The molecule has 0 aromatic carbocycles. The summed E-state index contributed by atoms with van der Waals surface area (Å²) < 4.78 is 17.5. The van der Waals surface area contributed by atoms with Crippen LogP contribution in [0.25, 0.3) is 0 Å². The van der Waals surface area contributed by atoms with Crippen LogP contribution in [0.1, 0.15) is 290 Å². The highest BCUT2D eigenvalue weighted by molar-refractivity contribution is 5.70. The Balaban J connectivity index is 4.28. The fraction of sp³-hybridized carbons (Fsp3) is 0.778. The van der Waals surface area contributed by atoms with Crippen molar-refractivity contribution in [3.05, 3.63) is 72.9 Å². The molecule has 0 fully saturated rings. The maximum atomic E-state index is 12.8. The first-order chi connectivity index (χ1) is 33.6. The summed E-state index contributed by atoms with van der Waals surface area (Å²) in [6.07, 6.45) is 76.4. The van der Waals surface area contributed by atoms with Crippen molar-refractivity contribution < 1.29 is 23.8 Å². The highest BCUT2D eigenvalue weighted by Crippen LogP contribution is 2.16. The highest BCUT2D eigenvalue weighted by Gasteiger charge is 2.17. The zero-order valence-corrected chi connectivity index (χ0v) is 45.4. The average molecular weight is 950 g/mol. The molecule has 0 bridgehead atoms. The number of hydrogen-bond acceptors (Lipinski definition) is 5. The Morgan fingerprint density at radius 2 is 0.662 bits per heavy atom. The van der Waals surface area contributed by atoms with Gasteiger partial charge >= 0.3 is 11.9 Å². The summed E-state index contributed by atoms with van der Waals surface area (Å²) in [5.41, 5.74) is 0. The molecule has 0 aromatic rings. The standard InChI is InChI=1S/C63H112O5/c1-4-7-10-13-16-19-22-25-27-29-31-33-35-37-40-43-46-49-52-55-58-66-59-61(68-63(65)57-54-51-48-45-42-38-24-21-18-15-12-9-6-3)60-67-62(64)56-53-50-47-44-41-39-36-34-32-30-28-26-23-20-17-14-11-8-5-2/h7,10,16,19,25-28,31,33,37,40,61H,4-6,8-9,11-15,17-18,20-24,29-30,32,34-36,38-39,41-60H2,1-3H3/b10-7-,19-16-,27-25-,28-26-,33-31-,40-37-. The van der Waals surface area contributed by atoms with Crippen molar-refractivity contribution in [1.29, 1.82) is 0 Å². The Morgan fingerprint density at radius 1 is 0.338 bits per heavy atom. The molecule has 0 rings (SSSR count). The van der Waals surface area contributed by atoms with E-state index in [9.17, 15) is 9.59 Å². The summed E-state index contributed by atoms with van der Waals surface area (Å²) in [6, 6.07) is 0. The van der Waals surface area contributed by atoms with Gasteiger partial charge in [-0.1, -0.05) is 261 Å². The summed E-state index contributed by atoms with van der Waals surface area (Å²) in [6.45, 7) is 7.69. The topological polar surface area (TPSA) is 61.8 Å². The van der Waals surface area contributed by atoms with Crippen LogP contribution in [0.2, 0.25) is 0 Å². The third kappa shape index (κ3) is 55.9. The lowest BCUT2D eigenvalue weighted by atomic mass is 10.0. The Kier molecular flexibility index (Phi) is 56.4. The van der Waals surface area contributed by atoms with E-state index in [4.69, 9.17) is 14.2 Å². The summed E-state index contributed by atoms with van der Waals surface area (Å²) >= 11 is 0. The SMILES string of the molecule is CC/C=C\C/C=C\C/C=C\C/C=C\C/C=C\CCCCCCOCC(COC(=O)CCCCCCCCCCC/C=C\CCCCCCCC)OC(=O)CCCCCCCCCCCCCCC. The van der Waals surface area contributed by atoms with Gasteiger partial charge in [-0.05, 0) is 89.9 Å². The van der Waals surface area contributed by atoms with E-state index in [0.717, 1.165) is 77.0 Å². The van der Waals surface area contributed by atoms with E-state index in [0.29, 0.717) is 19.4 Å². The molecule has 0 aliphatic rings. The van der Waals surface area contributed by atoms with Crippen LogP contribution in [0.3, 0.4) is 0 Å². The van der Waals surface area contributed by atoms with Crippen molar-refractivity contribution in [3.8, 4) is 0 Å². The van der Waals surface area contributed by atoms with Crippen LogP contribution in [0, 0.1) is 0 Å². The minimum atomic E-state index is -0.551. The zero-order chi connectivity index (χ0) is 49.2. The van der Waals surface area contributed by atoms with Crippen molar-refractivity contribution in [2.75, 3.05) is 19.8 Å². The first kappa shape index (κ1) is 65.3. The van der Waals surface area contributed by atoms with Crippen molar-refractivity contribution in [3.63, 3.8) is 0 Å². The van der Waals surface area contributed by atoms with Crippen LogP contribution in [-0.2, 0) is 23.8 Å². The van der Waals surface area contributed by atoms with Gasteiger partial charge in [0.2, 0.25) is 0 Å². The molecule has 0 radical (unpaired) electrons. The fourth-order valence-corrected chi connectivity index (χ4v) is 8.36. The summed E-state index contributed by atoms with van der Waals surface area (Å²) in [5.74, 6) is -0.403. The van der Waals surface area contributed by atoms with Crippen LogP contribution in [0.5, 0.6) is 0 Å². The Bertz CT molecular complexity index is 1210. The molecule has 0 amide bonds. The van der Waals surface area contributed by atoms with E-state index >= 15 is 0 Å². The largest absolute Gasteiger partial charge is 0.462 e. The zero-order valence-electron chi connectivity index (χ0n) is 45.4. The van der Waals surface area contributed by atoms with Gasteiger partial charge < -0.3 is 14.2 Å². The molecular weight excluding hydrogens is 837 g/mol. The van der Waals surface area contributed by atoms with Crippen LogP contribution in [0.15, 0.2) is 72.9 Å². The molecule has 1 atom stereocenters. The molecule has 5 nitrogen and oxygen atoms in total. The predicted molar refractivity (Wildman–Crippen MR) is 297 cm³/mol. The van der Waals surface area contributed by atoms with E-state index in [2.05, 4.69) is 93.7 Å². The fourth-order valence-electron chi connectivity index (χ4n) is 8.36. The van der Waals surface area contributed by atoms with Crippen LogP contribution < -0.4 is 0 Å². The molecule has 0 saturated heterocycles. The second-order valence-electron chi connectivity index (χ2n) is 19.5. The molecule has 1 unspecified atom stereocenters. The maximum absolute atomic E-state index is 12.8. The number of rotatable bonds is 54. The molecular formula is C63H112O5. The minimum Gasteiger partial charge on any atom is -0.462 e. The maximum Gasteiger partial charge on any atom is 0.306 e. The number of ether oxygens (including phenoxy) is 3. The number of allylic oxidation sites excluding steroid dienone is 12. The Morgan fingerprint density at radius 3 is 1.07 bits per heavy atom. The van der Waals surface area contributed by atoms with Gasteiger partial charge in [-0.2, -0.15) is 0 Å². The highest BCUT2D eigenvalue weighted by atomic mass is 16.6. The second kappa shape index (κ2) is 58.7. The first-order valence-corrected chi connectivity index (χ1v) is 29.5. The molecule has 0 spiro atoms. The van der Waals surface area contributed by atoms with Crippen LogP contribution in [0.4, 0.5) is 0 Å². The molecule has 5 heteroatoms. The molecule has 0 N–H and O–H groups in total. The van der Waals surface area contributed by atoms with Gasteiger partial charge in [0.15, 0.2) is 6.10 Å². The number of carbonyl (C=O) groups excluding carboxylic acids is 2. The number of carbonyl (C=O) groups is 2. The smallest absolute Gasteiger partial charge is 0.306 e. The van der Waals surface area contributed by atoms with Crippen LogP contribution >= 0.6 is 0 Å². The summed E-state index contributed by atoms with van der Waals surface area (Å²) in [7, 11) is 0. The van der Waals surface area contributed by atoms with E-state index < -0.39 is 6.10 Å². The minimum absolute atomic E-state index is 0.0747. The van der Waals surface area contributed by atoms with Crippen molar-refractivity contribution >= 4 is 11.9 Å². The average Bonchev–Trinajstić information content (AvgIpc) is 3.34. The van der Waals surface area contributed by atoms with Crippen molar-refractivity contribution in [2.24, 2.45) is 0 Å². The lowest BCUT2D eigenvalue weighted by molar-refractivity contribution is -0.163. The van der Waals surface area contributed by atoms with Crippen molar-refractivity contribution in [1.82, 2.24) is 0 Å². The molecule has 0 aliphatic carbocycles. The molecule has 0 heterocycles. The Labute approximate surface area is 423 Å². The van der Waals surface area contributed by atoms with Gasteiger partial charge in [-0.3, -0.25) is 9.59 Å². The summed E-state index contributed by atoms with van der Waals surface area (Å²) in [5, 5.41) is 0. The Hall–Kier alpha value is -2.66. The molecule has 0 saturated carbocycles. The first-order valence-electron chi connectivity index (χ1n) is 29.5. The van der Waals surface area contributed by atoms with Gasteiger partial charge in [0.25, 0.3) is 0 Å². The molecule has 0 aliphatic heterocycles. The number of esters is 2. The lowest BCUT2D eigenvalue weighted by Crippen LogP contribution is -2.30. The third-order valence-corrected chi connectivity index (χ3v) is 12.7. The molecule has 68 heavy (non-hydrogen) atoms.